The van der Waals surface area contributed by atoms with Crippen LogP contribution >= 0.6 is 0 Å². The molecule has 0 saturated heterocycles. The van der Waals surface area contributed by atoms with Crippen LogP contribution in [0.15, 0.2) is 36.4 Å². The Morgan fingerprint density at radius 1 is 1.19 bits per heavy atom. The lowest BCUT2D eigenvalue weighted by Gasteiger charge is -2.09. The van der Waals surface area contributed by atoms with Crippen molar-refractivity contribution < 1.29 is 22.7 Å². The molecule has 1 aromatic rings. The van der Waals surface area contributed by atoms with Crippen LogP contribution in [-0.2, 0) is 11.0 Å². The van der Waals surface area contributed by atoms with Gasteiger partial charge >= 0.3 is 6.18 Å². The van der Waals surface area contributed by atoms with Gasteiger partial charge in [0.05, 0.1) is 12.2 Å². The summed E-state index contributed by atoms with van der Waals surface area (Å²) in [6, 6.07) is 5.01. The van der Waals surface area contributed by atoms with Gasteiger partial charge in [0.25, 0.3) is 0 Å². The van der Waals surface area contributed by atoms with Gasteiger partial charge in [-0.2, -0.15) is 13.2 Å². The summed E-state index contributed by atoms with van der Waals surface area (Å²) in [5.41, 5.74) is -0.670. The maximum atomic E-state index is 12.5. The SMILES string of the molecule is CC.CCC=O.FC(F)(F)c1cccc(OCC/C=C/C2CCCC2)c1. The van der Waals surface area contributed by atoms with Crippen molar-refractivity contribution in [3.63, 3.8) is 0 Å². The van der Waals surface area contributed by atoms with Crippen LogP contribution < -0.4 is 4.74 Å². The fourth-order valence-corrected chi connectivity index (χ4v) is 2.45. The molecule has 0 radical (unpaired) electrons. The van der Waals surface area contributed by atoms with Gasteiger partial charge in [-0.05, 0) is 43.4 Å². The molecular formula is C21H31F3O2. The third-order valence-corrected chi connectivity index (χ3v) is 3.69. The summed E-state index contributed by atoms with van der Waals surface area (Å²) in [7, 11) is 0. The highest BCUT2D eigenvalue weighted by Crippen LogP contribution is 2.31. The van der Waals surface area contributed by atoms with Crippen molar-refractivity contribution in [2.45, 2.75) is 65.5 Å². The number of hydrogen-bond acceptors (Lipinski definition) is 2. The van der Waals surface area contributed by atoms with E-state index in [9.17, 15) is 18.0 Å². The topological polar surface area (TPSA) is 26.3 Å². The Kier molecular flexibility index (Phi) is 13.4. The summed E-state index contributed by atoms with van der Waals surface area (Å²) in [5.74, 6) is 0.956. The molecule has 1 fully saturated rings. The smallest absolute Gasteiger partial charge is 0.416 e. The summed E-state index contributed by atoms with van der Waals surface area (Å²) >= 11 is 0. The van der Waals surface area contributed by atoms with E-state index in [1.54, 1.807) is 6.07 Å². The summed E-state index contributed by atoms with van der Waals surface area (Å²) in [6.45, 7) is 6.22. The number of rotatable bonds is 6. The van der Waals surface area contributed by atoms with E-state index < -0.39 is 11.7 Å². The molecule has 0 aliphatic heterocycles. The standard InChI is InChI=1S/C16H19F3O.C3H6O.C2H6/c17-16(18,19)14-9-5-10-15(12-14)20-11-4-3-8-13-6-1-2-7-13;1-2-3-4;1-2/h3,5,8-10,12-13H,1-2,4,6-7,11H2;3H,2H2,1H3;1-2H3/b8-3+;;. The summed E-state index contributed by atoms with van der Waals surface area (Å²) in [6.07, 6.45) is 7.32. The zero-order valence-electron chi connectivity index (χ0n) is 16.0. The predicted octanol–water partition coefficient (Wildman–Crippen LogP) is 6.84. The molecule has 0 atom stereocenters. The van der Waals surface area contributed by atoms with Crippen molar-refractivity contribution in [1.29, 1.82) is 0 Å². The molecule has 0 heterocycles. The van der Waals surface area contributed by atoms with Crippen molar-refractivity contribution >= 4 is 6.29 Å². The van der Waals surface area contributed by atoms with E-state index in [0.29, 0.717) is 18.9 Å². The first-order valence-corrected chi connectivity index (χ1v) is 9.37. The Morgan fingerprint density at radius 3 is 2.35 bits per heavy atom. The number of alkyl halides is 3. The first-order chi connectivity index (χ1) is 12.5. The number of ether oxygens (including phenoxy) is 1. The molecule has 26 heavy (non-hydrogen) atoms. The fourth-order valence-electron chi connectivity index (χ4n) is 2.45. The Balaban J connectivity index is 0.000000920. The van der Waals surface area contributed by atoms with Gasteiger partial charge < -0.3 is 9.53 Å². The van der Waals surface area contributed by atoms with E-state index in [-0.39, 0.29) is 5.75 Å². The molecule has 2 rings (SSSR count). The molecule has 2 nitrogen and oxygen atoms in total. The molecule has 1 aliphatic rings. The predicted molar refractivity (Wildman–Crippen MR) is 100 cm³/mol. The van der Waals surface area contributed by atoms with E-state index in [1.807, 2.05) is 20.8 Å². The third-order valence-electron chi connectivity index (χ3n) is 3.69. The van der Waals surface area contributed by atoms with Crippen LogP contribution in [0, 0.1) is 5.92 Å². The maximum absolute atomic E-state index is 12.5. The van der Waals surface area contributed by atoms with Crippen LogP contribution in [0.25, 0.3) is 0 Å². The van der Waals surface area contributed by atoms with Crippen molar-refractivity contribution in [3.8, 4) is 5.75 Å². The van der Waals surface area contributed by atoms with E-state index in [2.05, 4.69) is 12.2 Å². The van der Waals surface area contributed by atoms with Crippen LogP contribution in [0.3, 0.4) is 0 Å². The molecule has 0 amide bonds. The lowest BCUT2D eigenvalue weighted by atomic mass is 10.1. The van der Waals surface area contributed by atoms with Gasteiger partial charge in [-0.15, -0.1) is 0 Å². The van der Waals surface area contributed by atoms with Crippen molar-refractivity contribution in [2.24, 2.45) is 5.92 Å². The number of aldehydes is 1. The Morgan fingerprint density at radius 2 is 1.81 bits per heavy atom. The highest BCUT2D eigenvalue weighted by Gasteiger charge is 2.30. The zero-order valence-corrected chi connectivity index (χ0v) is 16.0. The maximum Gasteiger partial charge on any atom is 0.416 e. The van der Waals surface area contributed by atoms with Crippen LogP contribution in [0.4, 0.5) is 13.2 Å². The van der Waals surface area contributed by atoms with Gasteiger partial charge in [0.2, 0.25) is 0 Å². The molecular weight excluding hydrogens is 341 g/mol. The highest BCUT2D eigenvalue weighted by atomic mass is 19.4. The number of carbonyl (C=O) groups excluding carboxylic acids is 1. The number of allylic oxidation sites excluding steroid dienone is 1. The normalized spacial score (nSPS) is 14.2. The lowest BCUT2D eigenvalue weighted by molar-refractivity contribution is -0.137. The second-order valence-electron chi connectivity index (χ2n) is 5.71. The Labute approximate surface area is 155 Å². The molecule has 0 aromatic heterocycles. The first kappa shape index (κ1) is 24.2. The molecule has 1 aliphatic carbocycles. The van der Waals surface area contributed by atoms with Gasteiger partial charge in [-0.1, -0.05) is 51.8 Å². The first-order valence-electron chi connectivity index (χ1n) is 9.37. The molecule has 0 spiro atoms. The molecule has 148 valence electrons. The molecule has 0 bridgehead atoms. The van der Waals surface area contributed by atoms with Crippen LogP contribution in [-0.4, -0.2) is 12.9 Å². The van der Waals surface area contributed by atoms with Crippen LogP contribution in [0.2, 0.25) is 0 Å². The monoisotopic (exact) mass is 372 g/mol. The summed E-state index contributed by atoms with van der Waals surface area (Å²) in [5, 5.41) is 0. The molecule has 0 unspecified atom stereocenters. The average Bonchev–Trinajstić information content (AvgIpc) is 3.16. The number of carbonyl (C=O) groups is 1. The number of benzene rings is 1. The summed E-state index contributed by atoms with van der Waals surface area (Å²) < 4.78 is 42.9. The average molecular weight is 372 g/mol. The van der Waals surface area contributed by atoms with Crippen molar-refractivity contribution in [3.05, 3.63) is 42.0 Å². The minimum Gasteiger partial charge on any atom is -0.493 e. The molecule has 1 aromatic carbocycles. The van der Waals surface area contributed by atoms with E-state index >= 15 is 0 Å². The van der Waals surface area contributed by atoms with Gasteiger partial charge in [0.1, 0.15) is 12.0 Å². The molecule has 5 heteroatoms. The fraction of sp³-hybridized carbons (Fsp3) is 0.571. The summed E-state index contributed by atoms with van der Waals surface area (Å²) in [4.78, 5) is 9.17. The second-order valence-corrected chi connectivity index (χ2v) is 5.71. The Hall–Kier alpha value is -1.78. The van der Waals surface area contributed by atoms with E-state index in [0.717, 1.165) is 24.8 Å². The van der Waals surface area contributed by atoms with Crippen molar-refractivity contribution in [1.82, 2.24) is 0 Å². The van der Waals surface area contributed by atoms with Gasteiger partial charge in [0, 0.05) is 6.42 Å². The van der Waals surface area contributed by atoms with Gasteiger partial charge in [-0.25, -0.2) is 0 Å². The van der Waals surface area contributed by atoms with E-state index in [1.165, 1.54) is 31.7 Å². The van der Waals surface area contributed by atoms with Crippen LogP contribution in [0.1, 0.15) is 64.9 Å². The Bertz CT molecular complexity index is 504. The number of hydrogen-bond donors (Lipinski definition) is 0. The van der Waals surface area contributed by atoms with E-state index in [4.69, 9.17) is 4.74 Å². The molecule has 1 saturated carbocycles. The quantitative estimate of drug-likeness (QED) is 0.310. The second kappa shape index (κ2) is 14.4. The van der Waals surface area contributed by atoms with Gasteiger partial charge in [0.15, 0.2) is 0 Å². The third kappa shape index (κ3) is 11.0. The highest BCUT2D eigenvalue weighted by molar-refractivity contribution is 5.48. The van der Waals surface area contributed by atoms with Gasteiger partial charge in [-0.3, -0.25) is 0 Å². The minimum absolute atomic E-state index is 0.272. The van der Waals surface area contributed by atoms with Crippen molar-refractivity contribution in [2.75, 3.05) is 6.61 Å². The van der Waals surface area contributed by atoms with Crippen LogP contribution in [0.5, 0.6) is 5.75 Å². The zero-order chi connectivity index (χ0) is 19.8. The molecule has 0 N–H and O–H groups in total. The number of halogens is 3. The minimum atomic E-state index is -4.32. The lowest BCUT2D eigenvalue weighted by Crippen LogP contribution is -2.05. The largest absolute Gasteiger partial charge is 0.493 e.